The molecule has 2 atom stereocenters. The molecule has 0 aromatic heterocycles. The molecular formula is C16H29LiNNiO3-4. The zero-order valence-electron chi connectivity index (χ0n) is 14.7. The second-order valence-electron chi connectivity index (χ2n) is 3.87. The van der Waals surface area contributed by atoms with Crippen molar-refractivity contribution < 1.29 is 31.1 Å². The number of hydrogen-bond acceptors (Lipinski definition) is 3. The van der Waals surface area contributed by atoms with Gasteiger partial charge in [0.05, 0.1) is 13.2 Å². The third-order valence-electron chi connectivity index (χ3n) is 2.27. The van der Waals surface area contributed by atoms with E-state index in [9.17, 15) is 5.11 Å². The fourth-order valence-corrected chi connectivity index (χ4v) is 1.45. The van der Waals surface area contributed by atoms with E-state index >= 15 is 0 Å². The fourth-order valence-electron chi connectivity index (χ4n) is 1.45. The van der Waals surface area contributed by atoms with E-state index in [1.54, 1.807) is 7.11 Å². The molecule has 1 aromatic carbocycles. The van der Waals surface area contributed by atoms with Gasteiger partial charge < -0.3 is 42.2 Å². The Hall–Kier alpha value is -0.00909. The number of methoxy groups -OCH3 is 1. The molecule has 4 nitrogen and oxygen atoms in total. The van der Waals surface area contributed by atoms with Gasteiger partial charge in [-0.3, -0.25) is 0 Å². The Morgan fingerprint density at radius 1 is 1.09 bits per heavy atom. The van der Waals surface area contributed by atoms with Crippen molar-refractivity contribution >= 4 is 24.5 Å². The third kappa shape index (κ3) is 16.4. The predicted octanol–water partition coefficient (Wildman–Crippen LogP) is 3.42. The van der Waals surface area contributed by atoms with Crippen molar-refractivity contribution in [2.75, 3.05) is 20.3 Å². The van der Waals surface area contributed by atoms with Gasteiger partial charge in [0.1, 0.15) is 0 Å². The Morgan fingerprint density at radius 3 is 2.14 bits per heavy atom. The van der Waals surface area contributed by atoms with Crippen LogP contribution in [0.4, 0.5) is 5.69 Å². The van der Waals surface area contributed by atoms with Gasteiger partial charge >= 0.3 is 0 Å². The normalized spacial score (nSPS) is 11.0. The molecule has 0 aliphatic carbocycles. The number of aliphatic hydroxyl groups excluding tert-OH is 1. The standard InChI is InChI=1S/C13H20NO3.3CH3.Li.Ni/c1-11(10-13(15)17-9-8-16-2)14-12-6-4-3-5-7-12;;;;;/h3-7,11,13,15H,8-10H2,1-2H3;3*1H3;;/q4*-1;;. The Morgan fingerprint density at radius 2 is 1.64 bits per heavy atom. The summed E-state index contributed by atoms with van der Waals surface area (Å²) in [5.74, 6) is 0. The van der Waals surface area contributed by atoms with Crippen molar-refractivity contribution in [3.05, 3.63) is 57.9 Å². The summed E-state index contributed by atoms with van der Waals surface area (Å²) in [6, 6.07) is 9.74. The first-order valence-electron chi connectivity index (χ1n) is 5.77. The molecule has 0 amide bonds. The first-order chi connectivity index (χ1) is 8.22. The minimum Gasteiger partial charge on any atom is -0.682 e. The van der Waals surface area contributed by atoms with Crippen molar-refractivity contribution in [3.8, 4) is 0 Å². The van der Waals surface area contributed by atoms with Gasteiger partial charge in [-0.05, 0) is 6.42 Å². The average molecular weight is 349 g/mol. The molecular weight excluding hydrogens is 320 g/mol. The molecule has 131 valence electrons. The van der Waals surface area contributed by atoms with E-state index < -0.39 is 6.29 Å². The summed E-state index contributed by atoms with van der Waals surface area (Å²) < 4.78 is 9.99. The molecule has 0 bridgehead atoms. The fraction of sp³-hybridized carbons (Fsp3) is 0.438. The van der Waals surface area contributed by atoms with Crippen LogP contribution in [0.15, 0.2) is 30.3 Å². The minimum absolute atomic E-state index is 0. The van der Waals surface area contributed by atoms with Crippen LogP contribution in [0.5, 0.6) is 0 Å². The van der Waals surface area contributed by atoms with Crippen LogP contribution < -0.4 is 0 Å². The zero-order valence-corrected chi connectivity index (χ0v) is 15.7. The van der Waals surface area contributed by atoms with Gasteiger partial charge in [0, 0.05) is 42.5 Å². The predicted molar refractivity (Wildman–Crippen MR) is 92.4 cm³/mol. The topological polar surface area (TPSA) is 52.8 Å². The number of benzene rings is 1. The van der Waals surface area contributed by atoms with Crippen LogP contribution in [0.1, 0.15) is 13.3 Å². The number of para-hydroxylation sites is 1. The summed E-state index contributed by atoms with van der Waals surface area (Å²) >= 11 is 0. The van der Waals surface area contributed by atoms with Gasteiger partial charge in [-0.1, -0.05) is 37.3 Å². The quantitative estimate of drug-likeness (QED) is 0.339. The molecule has 2 unspecified atom stereocenters. The second-order valence-corrected chi connectivity index (χ2v) is 3.87. The molecule has 22 heavy (non-hydrogen) atoms. The second kappa shape index (κ2) is 21.0. The van der Waals surface area contributed by atoms with Crippen LogP contribution in [-0.4, -0.2) is 56.6 Å². The average Bonchev–Trinajstić information content (AvgIpc) is 2.30. The summed E-state index contributed by atoms with van der Waals surface area (Å²) in [6.07, 6.45) is -0.300. The van der Waals surface area contributed by atoms with Gasteiger partial charge in [0.15, 0.2) is 6.29 Å². The maximum absolute atomic E-state index is 9.59. The van der Waals surface area contributed by atoms with Crippen LogP contribution in [-0.2, 0) is 26.0 Å². The van der Waals surface area contributed by atoms with Gasteiger partial charge in [-0.2, -0.15) is 0 Å². The molecule has 0 aliphatic heterocycles. The van der Waals surface area contributed by atoms with E-state index in [1.165, 1.54) is 0 Å². The summed E-state index contributed by atoms with van der Waals surface area (Å²) in [5.41, 5.74) is 0.920. The van der Waals surface area contributed by atoms with Gasteiger partial charge in [-0.25, -0.2) is 0 Å². The number of aliphatic hydroxyl groups is 1. The number of hydrogen-bond donors (Lipinski definition) is 1. The van der Waals surface area contributed by atoms with E-state index in [-0.39, 0.29) is 63.7 Å². The Kier molecular flexibility index (Phi) is 32.0. The maximum atomic E-state index is 9.59. The third-order valence-corrected chi connectivity index (χ3v) is 2.27. The van der Waals surface area contributed by atoms with Crippen LogP contribution >= 0.6 is 0 Å². The Labute approximate surface area is 159 Å². The number of nitrogens with zero attached hydrogens (tertiary/aromatic N) is 1. The van der Waals surface area contributed by atoms with E-state index in [0.29, 0.717) is 19.6 Å². The molecule has 0 spiro atoms. The van der Waals surface area contributed by atoms with Crippen LogP contribution in [0.2, 0.25) is 0 Å². The Balaban J connectivity index is -0.000000193. The molecule has 1 rings (SSSR count). The first kappa shape index (κ1) is 33.6. The van der Waals surface area contributed by atoms with Crippen molar-refractivity contribution in [2.45, 2.75) is 25.7 Å². The van der Waals surface area contributed by atoms with Crippen molar-refractivity contribution in [2.24, 2.45) is 0 Å². The zero-order chi connectivity index (χ0) is 12.5. The molecule has 0 fully saturated rings. The van der Waals surface area contributed by atoms with Gasteiger partial charge in [-0.15, -0.1) is 11.7 Å². The minimum atomic E-state index is -0.785. The molecule has 1 aromatic rings. The molecule has 1 radical (unpaired) electrons. The monoisotopic (exact) mass is 348 g/mol. The largest absolute Gasteiger partial charge is 0.682 e. The number of rotatable bonds is 8. The summed E-state index contributed by atoms with van der Waals surface area (Å²) in [5, 5.41) is 14.0. The van der Waals surface area contributed by atoms with Crippen LogP contribution in [0.3, 0.4) is 0 Å². The van der Waals surface area contributed by atoms with E-state index in [0.717, 1.165) is 5.69 Å². The molecule has 0 heterocycles. The summed E-state index contributed by atoms with van der Waals surface area (Å²) in [7, 11) is 1.60. The van der Waals surface area contributed by atoms with Crippen molar-refractivity contribution in [1.82, 2.24) is 0 Å². The van der Waals surface area contributed by atoms with Crippen LogP contribution in [0, 0.1) is 22.3 Å². The van der Waals surface area contributed by atoms with E-state index in [1.807, 2.05) is 37.3 Å². The molecule has 1 N–H and O–H groups in total. The van der Waals surface area contributed by atoms with E-state index in [2.05, 4.69) is 5.32 Å². The first-order valence-corrected chi connectivity index (χ1v) is 5.77. The molecule has 0 aliphatic rings. The maximum Gasteiger partial charge on any atom is 0.153 e. The smallest absolute Gasteiger partial charge is 0.153 e. The summed E-state index contributed by atoms with van der Waals surface area (Å²) in [6.45, 7) is 2.84. The molecule has 0 saturated carbocycles. The van der Waals surface area contributed by atoms with Crippen molar-refractivity contribution in [1.29, 1.82) is 0 Å². The number of ether oxygens (including phenoxy) is 2. The SMILES string of the molecule is COCCOC(O)CC(C)[N-]c1ccccc1.[CH3-].[CH3-].[CH3-].[Li].[Ni]. The van der Waals surface area contributed by atoms with Crippen molar-refractivity contribution in [3.63, 3.8) is 0 Å². The van der Waals surface area contributed by atoms with E-state index in [4.69, 9.17) is 9.47 Å². The van der Waals surface area contributed by atoms with Gasteiger partial charge in [0.2, 0.25) is 0 Å². The Bertz CT molecular complexity index is 305. The summed E-state index contributed by atoms with van der Waals surface area (Å²) in [4.78, 5) is 0. The van der Waals surface area contributed by atoms with Crippen LogP contribution in [0.25, 0.3) is 5.32 Å². The molecule has 6 heteroatoms. The van der Waals surface area contributed by atoms with Gasteiger partial charge in [0.25, 0.3) is 0 Å². The molecule has 0 saturated heterocycles.